The average Bonchev–Trinajstić information content (AvgIpc) is 2.74. The van der Waals surface area contributed by atoms with Gasteiger partial charge < -0.3 is 10.1 Å². The molecule has 0 aliphatic heterocycles. The lowest BCUT2D eigenvalue weighted by Crippen LogP contribution is -2.10. The third-order valence-electron chi connectivity index (χ3n) is 4.37. The number of benzene rings is 2. The molecule has 28 heavy (non-hydrogen) atoms. The minimum absolute atomic E-state index is 0.265. The summed E-state index contributed by atoms with van der Waals surface area (Å²) >= 11 is 0. The number of hydrogen-bond donors (Lipinski definition) is 1. The van der Waals surface area contributed by atoms with Crippen LogP contribution in [0.25, 0.3) is 33.4 Å². The number of nitrogens with zero attached hydrogens (tertiary/aromatic N) is 3. The van der Waals surface area contributed by atoms with E-state index in [-0.39, 0.29) is 5.82 Å². The Hall–Kier alpha value is -3.38. The largest absolute Gasteiger partial charge is 0.383 e. The van der Waals surface area contributed by atoms with Crippen LogP contribution in [-0.4, -0.2) is 35.2 Å². The van der Waals surface area contributed by atoms with Crippen LogP contribution >= 0.6 is 0 Å². The van der Waals surface area contributed by atoms with E-state index in [9.17, 15) is 4.39 Å². The maximum Gasteiger partial charge on any atom is 0.163 e. The number of anilines is 1. The molecule has 2 aromatic heterocycles. The molecule has 0 amide bonds. The van der Waals surface area contributed by atoms with Gasteiger partial charge in [-0.05, 0) is 47.5 Å². The Bertz CT molecular complexity index is 1100. The van der Waals surface area contributed by atoms with Crippen LogP contribution < -0.4 is 5.32 Å². The van der Waals surface area contributed by atoms with Crippen molar-refractivity contribution in [3.8, 4) is 22.5 Å². The number of fused-ring (bicyclic) bond motifs is 1. The van der Waals surface area contributed by atoms with Gasteiger partial charge in [-0.1, -0.05) is 18.2 Å². The van der Waals surface area contributed by atoms with Gasteiger partial charge in [-0.25, -0.2) is 14.4 Å². The zero-order valence-corrected chi connectivity index (χ0v) is 15.4. The highest BCUT2D eigenvalue weighted by Gasteiger charge is 2.11. The Morgan fingerprint density at radius 1 is 0.964 bits per heavy atom. The summed E-state index contributed by atoms with van der Waals surface area (Å²) in [4.78, 5) is 13.5. The van der Waals surface area contributed by atoms with Gasteiger partial charge in [-0.15, -0.1) is 0 Å². The third-order valence-corrected chi connectivity index (χ3v) is 4.37. The minimum atomic E-state index is -0.265. The van der Waals surface area contributed by atoms with E-state index in [2.05, 4.69) is 10.3 Å². The van der Waals surface area contributed by atoms with Crippen LogP contribution in [0.5, 0.6) is 0 Å². The molecule has 5 nitrogen and oxygen atoms in total. The van der Waals surface area contributed by atoms with Crippen LogP contribution in [0.2, 0.25) is 0 Å². The van der Waals surface area contributed by atoms with E-state index in [1.807, 2.05) is 36.4 Å². The molecule has 2 aromatic carbocycles. The molecule has 6 heteroatoms. The Morgan fingerprint density at radius 2 is 1.82 bits per heavy atom. The first-order valence-electron chi connectivity index (χ1n) is 8.95. The van der Waals surface area contributed by atoms with Crippen LogP contribution in [0.4, 0.5) is 10.2 Å². The highest BCUT2D eigenvalue weighted by Crippen LogP contribution is 2.29. The van der Waals surface area contributed by atoms with E-state index in [4.69, 9.17) is 14.7 Å². The van der Waals surface area contributed by atoms with E-state index in [0.717, 1.165) is 27.6 Å². The summed E-state index contributed by atoms with van der Waals surface area (Å²) in [6.07, 6.45) is 3.45. The first kappa shape index (κ1) is 18.0. The molecule has 0 bridgehead atoms. The second-order valence-corrected chi connectivity index (χ2v) is 6.30. The summed E-state index contributed by atoms with van der Waals surface area (Å²) in [5.41, 5.74) is 3.35. The summed E-state index contributed by atoms with van der Waals surface area (Å²) in [5.74, 6) is 1.04. The number of pyridine rings is 1. The van der Waals surface area contributed by atoms with Crippen molar-refractivity contribution in [3.05, 3.63) is 72.8 Å². The van der Waals surface area contributed by atoms with Crippen LogP contribution in [0.15, 0.2) is 67.0 Å². The van der Waals surface area contributed by atoms with Crippen LogP contribution in [0.1, 0.15) is 0 Å². The minimum Gasteiger partial charge on any atom is -0.383 e. The third kappa shape index (κ3) is 3.82. The first-order valence-corrected chi connectivity index (χ1v) is 8.95. The first-order chi connectivity index (χ1) is 13.7. The SMILES string of the molecule is COCCNc1nc(-c2cccnc2)nc2ccc(-c3cccc(F)c3)cc12. The maximum absolute atomic E-state index is 13.6. The van der Waals surface area contributed by atoms with Gasteiger partial charge in [0.25, 0.3) is 0 Å². The van der Waals surface area contributed by atoms with E-state index in [1.54, 1.807) is 25.6 Å². The second-order valence-electron chi connectivity index (χ2n) is 6.30. The molecule has 4 rings (SSSR count). The van der Waals surface area contributed by atoms with Crippen LogP contribution in [0.3, 0.4) is 0 Å². The fourth-order valence-corrected chi connectivity index (χ4v) is 3.01. The Balaban J connectivity index is 1.83. The number of ether oxygens (including phenoxy) is 1. The predicted molar refractivity (Wildman–Crippen MR) is 109 cm³/mol. The number of halogens is 1. The molecular weight excluding hydrogens is 355 g/mol. The fraction of sp³-hybridized carbons (Fsp3) is 0.136. The van der Waals surface area contributed by atoms with E-state index in [0.29, 0.717) is 24.8 Å². The average molecular weight is 374 g/mol. The van der Waals surface area contributed by atoms with Crippen molar-refractivity contribution in [2.45, 2.75) is 0 Å². The predicted octanol–water partition coefficient (Wildman–Crippen LogP) is 4.56. The van der Waals surface area contributed by atoms with Gasteiger partial charge in [0.15, 0.2) is 5.82 Å². The highest BCUT2D eigenvalue weighted by molar-refractivity contribution is 5.94. The van der Waals surface area contributed by atoms with Crippen molar-refractivity contribution in [3.63, 3.8) is 0 Å². The summed E-state index contributed by atoms with van der Waals surface area (Å²) < 4.78 is 18.8. The Morgan fingerprint density at radius 3 is 2.61 bits per heavy atom. The molecule has 0 aliphatic rings. The van der Waals surface area contributed by atoms with Gasteiger partial charge in [0.2, 0.25) is 0 Å². The van der Waals surface area contributed by atoms with E-state index >= 15 is 0 Å². The molecule has 2 heterocycles. The lowest BCUT2D eigenvalue weighted by Gasteiger charge is -2.12. The van der Waals surface area contributed by atoms with Crippen molar-refractivity contribution in [2.24, 2.45) is 0 Å². The standard InChI is InChI=1S/C22H19FN4O/c1-28-11-10-25-22-19-13-16(15-4-2-6-18(23)12-15)7-8-20(19)26-21(27-22)17-5-3-9-24-14-17/h2-9,12-14H,10-11H2,1H3,(H,25,26,27). The molecule has 4 aromatic rings. The highest BCUT2D eigenvalue weighted by atomic mass is 19.1. The summed E-state index contributed by atoms with van der Waals surface area (Å²) in [6.45, 7) is 1.16. The summed E-state index contributed by atoms with van der Waals surface area (Å²) in [7, 11) is 1.66. The lowest BCUT2D eigenvalue weighted by atomic mass is 10.0. The van der Waals surface area contributed by atoms with Gasteiger partial charge in [0, 0.05) is 37.0 Å². The zero-order chi connectivity index (χ0) is 19.3. The van der Waals surface area contributed by atoms with Gasteiger partial charge >= 0.3 is 0 Å². The fourth-order valence-electron chi connectivity index (χ4n) is 3.01. The topological polar surface area (TPSA) is 59.9 Å². The van der Waals surface area contributed by atoms with Crippen LogP contribution in [-0.2, 0) is 4.74 Å². The second kappa shape index (κ2) is 8.10. The van der Waals surface area contributed by atoms with Crippen molar-refractivity contribution in [2.75, 3.05) is 25.6 Å². The van der Waals surface area contributed by atoms with E-state index in [1.165, 1.54) is 12.1 Å². The van der Waals surface area contributed by atoms with Crippen molar-refractivity contribution in [1.82, 2.24) is 15.0 Å². The molecule has 1 N–H and O–H groups in total. The maximum atomic E-state index is 13.6. The van der Waals surface area contributed by atoms with Crippen molar-refractivity contribution in [1.29, 1.82) is 0 Å². The normalized spacial score (nSPS) is 10.9. The molecule has 140 valence electrons. The number of nitrogens with one attached hydrogen (secondary N) is 1. The number of hydrogen-bond acceptors (Lipinski definition) is 5. The molecular formula is C22H19FN4O. The Kier molecular flexibility index (Phi) is 5.21. The quantitative estimate of drug-likeness (QED) is 0.502. The summed E-state index contributed by atoms with van der Waals surface area (Å²) in [6, 6.07) is 16.2. The Labute approximate surface area is 162 Å². The zero-order valence-electron chi connectivity index (χ0n) is 15.4. The molecule has 0 spiro atoms. The molecule has 0 unspecified atom stereocenters. The molecule has 0 saturated heterocycles. The number of aromatic nitrogens is 3. The lowest BCUT2D eigenvalue weighted by molar-refractivity contribution is 0.210. The van der Waals surface area contributed by atoms with Gasteiger partial charge in [0.1, 0.15) is 11.6 Å². The smallest absolute Gasteiger partial charge is 0.163 e. The monoisotopic (exact) mass is 374 g/mol. The van der Waals surface area contributed by atoms with E-state index < -0.39 is 0 Å². The van der Waals surface area contributed by atoms with Crippen LogP contribution in [0, 0.1) is 5.82 Å². The number of rotatable bonds is 6. The molecule has 0 aliphatic carbocycles. The molecule has 0 radical (unpaired) electrons. The summed E-state index contributed by atoms with van der Waals surface area (Å²) in [5, 5.41) is 4.18. The van der Waals surface area contributed by atoms with Gasteiger partial charge in [0.05, 0.1) is 12.1 Å². The van der Waals surface area contributed by atoms with Gasteiger partial charge in [-0.3, -0.25) is 4.98 Å². The van der Waals surface area contributed by atoms with Crippen molar-refractivity contribution < 1.29 is 9.13 Å². The number of methoxy groups -OCH3 is 1. The van der Waals surface area contributed by atoms with Crippen molar-refractivity contribution >= 4 is 16.7 Å². The molecule has 0 atom stereocenters. The molecule has 0 fully saturated rings. The molecule has 0 saturated carbocycles. The van der Waals surface area contributed by atoms with Gasteiger partial charge in [-0.2, -0.15) is 0 Å².